The minimum Gasteiger partial charge on any atom is -0.610 e. The maximum absolute atomic E-state index is 14.6. The van der Waals surface area contributed by atoms with Gasteiger partial charge in [0.1, 0.15) is 41.7 Å². The van der Waals surface area contributed by atoms with Crippen molar-refractivity contribution in [3.05, 3.63) is 102 Å². The van der Waals surface area contributed by atoms with Gasteiger partial charge in [-0.2, -0.15) is 0 Å². The summed E-state index contributed by atoms with van der Waals surface area (Å²) in [7, 11) is 4.29. The number of aromatic nitrogens is 3. The first-order valence-corrected chi connectivity index (χ1v) is 40.4. The number of likely N-dealkylation sites (tertiary alicyclic amines) is 1. The van der Waals surface area contributed by atoms with E-state index in [0.29, 0.717) is 25.8 Å². The first-order chi connectivity index (χ1) is 54.1. The number of carbonyl (C=O) groups is 11. The van der Waals surface area contributed by atoms with Gasteiger partial charge in [-0.25, -0.2) is 9.97 Å². The fourth-order valence-electron chi connectivity index (χ4n) is 15.9. The maximum Gasteiger partial charge on any atom is 0.248 e. The Balaban J connectivity index is 0.000000222. The Hall–Kier alpha value is -9.84. The summed E-state index contributed by atoms with van der Waals surface area (Å²) in [6, 6.07) is 13.6. The molecule has 1 spiro atoms. The van der Waals surface area contributed by atoms with E-state index in [4.69, 9.17) is 5.73 Å². The Morgan fingerprint density at radius 2 is 1.34 bits per heavy atom. The van der Waals surface area contributed by atoms with Crippen molar-refractivity contribution in [2.24, 2.45) is 23.0 Å². The van der Waals surface area contributed by atoms with Crippen molar-refractivity contribution in [3.63, 3.8) is 0 Å². The molecule has 3 unspecified atom stereocenters. The number of anilines is 3. The number of nitrogens with two attached hydrogens (primary N) is 1. The first-order valence-electron chi connectivity index (χ1n) is 39.1. The number of benzene rings is 3. The molecule has 4 fully saturated rings. The van der Waals surface area contributed by atoms with Crippen LogP contribution >= 0.6 is 0 Å². The van der Waals surface area contributed by atoms with Crippen LogP contribution < -0.4 is 52.8 Å². The van der Waals surface area contributed by atoms with Crippen molar-refractivity contribution in [2.75, 3.05) is 108 Å². The smallest absolute Gasteiger partial charge is 0.248 e. The van der Waals surface area contributed by atoms with Gasteiger partial charge in [0.25, 0.3) is 0 Å². The average molecular weight is 1580 g/mol. The first kappa shape index (κ1) is 85.6. The third-order valence-corrected chi connectivity index (χ3v) is 23.8. The maximum atomic E-state index is 14.6. The van der Waals surface area contributed by atoms with Gasteiger partial charge < -0.3 is 92.5 Å². The number of piperazine rings is 1. The number of aromatic amines is 1. The van der Waals surface area contributed by atoms with Crippen molar-refractivity contribution in [1.82, 2.24) is 71.8 Å². The number of carbonyl (C=O) groups excluding carboxylic acids is 11. The quantitative estimate of drug-likeness (QED) is 0.0332. The molecule has 7 aliphatic rings. The van der Waals surface area contributed by atoms with Crippen molar-refractivity contribution in [3.8, 4) is 5.75 Å². The van der Waals surface area contributed by atoms with E-state index in [1.807, 2.05) is 6.07 Å². The molecule has 11 amide bonds. The van der Waals surface area contributed by atoms with E-state index in [2.05, 4.69) is 134 Å². The lowest BCUT2D eigenvalue weighted by Crippen LogP contribution is -2.62. The number of hydrogen-bond acceptors (Lipinski definition) is 22. The van der Waals surface area contributed by atoms with Gasteiger partial charge in [-0.1, -0.05) is 76.4 Å². The van der Waals surface area contributed by atoms with Crippen molar-refractivity contribution >= 4 is 104 Å². The van der Waals surface area contributed by atoms with Gasteiger partial charge in [0.2, 0.25) is 76.0 Å². The Labute approximate surface area is 660 Å². The lowest BCUT2D eigenvalue weighted by Gasteiger charge is -2.37. The number of primary amides is 1. The van der Waals surface area contributed by atoms with E-state index >= 15 is 0 Å². The van der Waals surface area contributed by atoms with Crippen LogP contribution in [0.25, 0.3) is 10.9 Å². The number of aromatic hydroxyl groups is 1. The number of unbranched alkanes of at least 4 members (excludes halogenated alkanes) is 1. The number of phenolic OH excluding ortho intramolecular Hbond substituents is 1. The molecule has 2 aromatic heterocycles. The molecule has 12 rings (SSSR count). The van der Waals surface area contributed by atoms with E-state index in [0.717, 1.165) is 95.2 Å². The van der Waals surface area contributed by atoms with Gasteiger partial charge in [0.15, 0.2) is 6.04 Å². The van der Waals surface area contributed by atoms with Gasteiger partial charge in [-0.15, -0.1) is 0 Å². The SMILES string of the molecule is CCC(C)[C@@H]1NC(=O)CNC(=O)[C@@H]2Cc3c([nH]c4cc(O)ccc34)[S@+]([O-])C[C@H](NC(=O)CNC1=O)C(=O)N[C@@H](CC(N)=O)C(=O)N1CC(O)C[C@H]1C(=O)N[C@@H](C(C)[C@@H](O)CO)C(=O)N2.CN(C)CCCN1c2ccccc2CCc2ccccc21.O=C1CC2(CCCC2)CC(=O)N1CCCCN1CCN(c2ncccn2)CC1. The number of para-hydroxylation sites is 2. The predicted octanol–water partition coefficient (Wildman–Crippen LogP) is 0.0430. The highest BCUT2D eigenvalue weighted by Gasteiger charge is 2.47. The summed E-state index contributed by atoms with van der Waals surface area (Å²) in [5.74, 6) is -11.1. The van der Waals surface area contributed by atoms with E-state index in [-0.39, 0.29) is 44.5 Å². The molecular formula is C79H109N17O16S. The van der Waals surface area contributed by atoms with Crippen molar-refractivity contribution in [2.45, 2.75) is 171 Å². The second kappa shape index (κ2) is 39.8. The summed E-state index contributed by atoms with van der Waals surface area (Å²) in [5, 5.41) is 58.8. The number of piperidine rings is 1. The number of H-pyrrole nitrogens is 1. The minimum absolute atomic E-state index is 0.00676. The Morgan fingerprint density at radius 3 is 1.96 bits per heavy atom. The Bertz CT molecular complexity index is 4130. The minimum atomic E-state index is -2.38. The number of amides is 11. The largest absolute Gasteiger partial charge is 0.610 e. The normalized spacial score (nSPS) is 24.4. The van der Waals surface area contributed by atoms with Crippen LogP contribution in [0.5, 0.6) is 5.75 Å². The second-order valence-corrected chi connectivity index (χ2v) is 32.2. The van der Waals surface area contributed by atoms with Crippen molar-refractivity contribution in [1.29, 1.82) is 0 Å². The molecule has 33 nitrogen and oxygen atoms in total. The van der Waals surface area contributed by atoms with Gasteiger partial charge in [0.05, 0.1) is 43.8 Å². The molecule has 11 atom stereocenters. The van der Waals surface area contributed by atoms with Crippen LogP contribution in [0.1, 0.15) is 115 Å². The summed E-state index contributed by atoms with van der Waals surface area (Å²) in [6.45, 7) is 9.45. The van der Waals surface area contributed by atoms with Crippen LogP contribution in [0.4, 0.5) is 17.3 Å². The van der Waals surface area contributed by atoms with Crippen molar-refractivity contribution < 1.29 is 77.7 Å². The number of rotatable bonds is 17. The molecule has 2 bridgehead atoms. The summed E-state index contributed by atoms with van der Waals surface area (Å²) >= 11 is -2.38. The Morgan fingerprint density at radius 1 is 0.717 bits per heavy atom. The molecular weight excluding hydrogens is 1480 g/mol. The number of phenols is 1. The number of aliphatic hydroxyl groups is 3. The molecule has 34 heteroatoms. The zero-order valence-corrected chi connectivity index (χ0v) is 65.7. The fourth-order valence-corrected chi connectivity index (χ4v) is 17.2. The van der Waals surface area contributed by atoms with Gasteiger partial charge in [-0.3, -0.25) is 62.5 Å². The summed E-state index contributed by atoms with van der Waals surface area (Å²) < 4.78 is 14.6. The summed E-state index contributed by atoms with van der Waals surface area (Å²) in [6.07, 6.45) is 10.1. The second-order valence-electron chi connectivity index (χ2n) is 30.8. The van der Waals surface area contributed by atoms with Crippen LogP contribution in [0.2, 0.25) is 0 Å². The van der Waals surface area contributed by atoms with Crippen LogP contribution in [0.15, 0.2) is 90.2 Å². The molecule has 1 saturated carbocycles. The number of nitrogens with zero attached hydrogens (tertiary/aromatic N) is 8. The molecule has 14 N–H and O–H groups in total. The van der Waals surface area contributed by atoms with E-state index in [1.165, 1.54) is 71.8 Å². The molecule has 3 saturated heterocycles. The van der Waals surface area contributed by atoms with Gasteiger partial charge >= 0.3 is 0 Å². The summed E-state index contributed by atoms with van der Waals surface area (Å²) in [4.78, 5) is 172. The Kier molecular flexibility index (Phi) is 30.1. The topological polar surface area (TPSA) is 463 Å². The molecule has 8 heterocycles. The monoisotopic (exact) mass is 1580 g/mol. The molecule has 113 heavy (non-hydrogen) atoms. The molecule has 6 aliphatic heterocycles. The number of fused-ring (bicyclic) bond motifs is 7. The third-order valence-electron chi connectivity index (χ3n) is 22.4. The lowest BCUT2D eigenvalue weighted by atomic mass is 9.76. The highest BCUT2D eigenvalue weighted by molar-refractivity contribution is 7.91. The molecule has 5 aromatic rings. The van der Waals surface area contributed by atoms with Crippen LogP contribution in [-0.4, -0.2) is 271 Å². The van der Waals surface area contributed by atoms with E-state index in [1.54, 1.807) is 26.2 Å². The highest BCUT2D eigenvalue weighted by atomic mass is 32.2. The number of aliphatic hydroxyl groups excluding tert-OH is 3. The van der Waals surface area contributed by atoms with E-state index < -0.39 is 176 Å². The number of hydrogen-bond donors (Lipinski definition) is 13. The zero-order chi connectivity index (χ0) is 81.2. The van der Waals surface area contributed by atoms with Gasteiger partial charge in [0, 0.05) is 129 Å². The fraction of sp³-hybridized carbons (Fsp3) is 0.557. The van der Waals surface area contributed by atoms with Crippen LogP contribution in [-0.2, 0) is 83.2 Å². The lowest BCUT2D eigenvalue weighted by molar-refractivity contribution is -0.153. The zero-order valence-electron chi connectivity index (χ0n) is 64.9. The molecule has 612 valence electrons. The third kappa shape index (κ3) is 22.3. The summed E-state index contributed by atoms with van der Waals surface area (Å²) in [5.41, 5.74) is 11.5. The highest BCUT2D eigenvalue weighted by Crippen LogP contribution is 2.47. The van der Waals surface area contributed by atoms with Crippen LogP contribution in [0, 0.1) is 17.3 Å². The van der Waals surface area contributed by atoms with E-state index in [9.17, 15) is 77.7 Å². The number of imide groups is 1. The van der Waals surface area contributed by atoms with Gasteiger partial charge in [-0.05, 0) is 125 Å². The standard InChI is InChI=1S/C39H54N10O14S.C21H31N5O2.C19H24N2/c1-4-16(2)31-36(60)42-11-29(55)43-25-15-64(63)38-21(20-6-5-18(51)7-22(20)46-38)9-23(33(57)41-12-30(56)47-31)44-37(61)32(17(3)27(53)14-50)48-35(59)26-8-19(52)13-49(26)39(62)24(10-28(40)54)45-34(25)58;27-18-16-21(6-1-2-7-21)17-19(28)26(18)11-4-3-10-24-12-14-25(15-13-24)20-22-8-5-9-23-20;1-20(2)14-7-15-21-18-10-5-3-8-16(18)12-13-17-9-4-6-11-19(17)21/h5-7,16-17,19,23-27,31-32,46,50-53H,4,8-15H2,1-3H3,(H2,40,54)(H,41,57)(H,42,60)(H,43,55)(H,44,61)(H,45,58)(H,47,56)(H,48,59);5,8-9H,1-4,6-7,10-17H2;3-6,8-11H,7,12-15H2,1-2H3/t16?,17?,19?,23-,24-,25-,26-,27-,31-,32-,64+;;/m0../s1. The molecule has 1 aliphatic carbocycles. The molecule has 0 radical (unpaired) electrons. The predicted molar refractivity (Wildman–Crippen MR) is 420 cm³/mol. The number of nitrogens with one attached hydrogen (secondary N) is 8. The number of aryl methyl sites for hydroxylation is 2. The van der Waals surface area contributed by atoms with Crippen LogP contribution in [0.3, 0.4) is 0 Å². The average Bonchev–Trinajstić information content (AvgIpc) is 1.69. The molecule has 3 aromatic carbocycles.